The highest BCUT2D eigenvalue weighted by molar-refractivity contribution is 5.82. The van der Waals surface area contributed by atoms with Crippen LogP contribution in [0, 0.1) is 5.92 Å². The van der Waals surface area contributed by atoms with E-state index in [1.807, 2.05) is 0 Å². The molecular formula is C28H33F6N5O3. The van der Waals surface area contributed by atoms with Gasteiger partial charge in [0.25, 0.3) is 0 Å². The molecule has 8 nitrogen and oxygen atoms in total. The lowest BCUT2D eigenvalue weighted by Gasteiger charge is -2.37. The summed E-state index contributed by atoms with van der Waals surface area (Å²) in [6.07, 6.45) is -6.89. The highest BCUT2D eigenvalue weighted by atomic mass is 19.4. The molecule has 0 unspecified atom stereocenters. The van der Waals surface area contributed by atoms with E-state index in [0.29, 0.717) is 64.0 Å². The molecule has 4 rings (SSSR count). The number of piperazine rings is 1. The average molecular weight is 602 g/mol. The van der Waals surface area contributed by atoms with Gasteiger partial charge in [-0.15, -0.1) is 0 Å². The summed E-state index contributed by atoms with van der Waals surface area (Å²) in [6.45, 7) is 1.80. The molecule has 1 amide bonds. The van der Waals surface area contributed by atoms with Gasteiger partial charge in [-0.25, -0.2) is 9.97 Å². The Hall–Kier alpha value is -3.42. The number of Topliss-reactive ketones (excluding diaryl/α,β-unsaturated/α-hetero) is 1. The standard InChI is InChI=1S/C28H33F6N5O3/c1-42-18-25(41)38-14-12-37(13-15-38)23-16-24(36-26(35-23)28(32,33)34)39-11-3-5-20(17-39)22(40)6-2-4-19-7-9-21(10-8-19)27(29,30)31/h7-10,16,20H,2-6,11-15,17-18H2,1H3/t20-/m1/s1. The topological polar surface area (TPSA) is 78.9 Å². The van der Waals surface area contributed by atoms with Crippen molar-refractivity contribution in [1.82, 2.24) is 14.9 Å². The lowest BCUT2D eigenvalue weighted by atomic mass is 9.90. The molecule has 2 aromatic rings. The maximum Gasteiger partial charge on any atom is 0.451 e. The Kier molecular flexibility index (Phi) is 9.95. The van der Waals surface area contributed by atoms with Crippen LogP contribution in [0.5, 0.6) is 0 Å². The molecule has 2 saturated heterocycles. The number of amides is 1. The highest BCUT2D eigenvalue weighted by Gasteiger charge is 2.37. The van der Waals surface area contributed by atoms with Crippen LogP contribution >= 0.6 is 0 Å². The van der Waals surface area contributed by atoms with Crippen molar-refractivity contribution in [2.24, 2.45) is 5.92 Å². The fourth-order valence-corrected chi connectivity index (χ4v) is 5.25. The Morgan fingerprint density at radius 3 is 2.14 bits per heavy atom. The molecule has 0 bridgehead atoms. The number of benzene rings is 1. The molecule has 2 aliphatic heterocycles. The van der Waals surface area contributed by atoms with Crippen LogP contribution in [0.4, 0.5) is 38.0 Å². The number of piperidine rings is 1. The van der Waals surface area contributed by atoms with Crippen LogP contribution in [0.25, 0.3) is 0 Å². The molecule has 0 radical (unpaired) electrons. The third kappa shape index (κ3) is 8.11. The zero-order valence-electron chi connectivity index (χ0n) is 23.2. The van der Waals surface area contributed by atoms with Crippen molar-refractivity contribution in [3.05, 3.63) is 47.3 Å². The van der Waals surface area contributed by atoms with Gasteiger partial charge in [0, 0.05) is 64.8 Å². The van der Waals surface area contributed by atoms with Gasteiger partial charge < -0.3 is 19.4 Å². The van der Waals surface area contributed by atoms with Gasteiger partial charge in [-0.05, 0) is 43.4 Å². The summed E-state index contributed by atoms with van der Waals surface area (Å²) in [5.41, 5.74) is -0.0382. The van der Waals surface area contributed by atoms with E-state index in [2.05, 4.69) is 9.97 Å². The van der Waals surface area contributed by atoms with Gasteiger partial charge in [0.2, 0.25) is 11.7 Å². The molecule has 3 heterocycles. The van der Waals surface area contributed by atoms with Gasteiger partial charge in [0.05, 0.1) is 5.56 Å². The maximum atomic E-state index is 13.8. The van der Waals surface area contributed by atoms with E-state index in [9.17, 15) is 35.9 Å². The number of ketones is 1. The number of aromatic nitrogens is 2. The van der Waals surface area contributed by atoms with Gasteiger partial charge in [0.15, 0.2) is 0 Å². The minimum atomic E-state index is -4.77. The van der Waals surface area contributed by atoms with Crippen LogP contribution in [0.15, 0.2) is 30.3 Å². The van der Waals surface area contributed by atoms with Crippen molar-refractivity contribution in [3.63, 3.8) is 0 Å². The van der Waals surface area contributed by atoms with Crippen molar-refractivity contribution in [3.8, 4) is 0 Å². The number of alkyl halides is 6. The number of hydrogen-bond acceptors (Lipinski definition) is 7. The zero-order valence-corrected chi connectivity index (χ0v) is 23.2. The number of rotatable bonds is 9. The van der Waals surface area contributed by atoms with Gasteiger partial charge in [-0.1, -0.05) is 12.1 Å². The summed E-state index contributed by atoms with van der Waals surface area (Å²) in [5, 5.41) is 0. The second-order valence-electron chi connectivity index (χ2n) is 10.5. The second kappa shape index (κ2) is 13.3. The number of nitrogens with zero attached hydrogens (tertiary/aromatic N) is 5. The number of carbonyl (C=O) groups excluding carboxylic acids is 2. The Bertz CT molecular complexity index is 1230. The van der Waals surface area contributed by atoms with E-state index < -0.39 is 29.7 Å². The molecule has 1 aromatic carbocycles. The van der Waals surface area contributed by atoms with Crippen LogP contribution in [-0.4, -0.2) is 79.5 Å². The number of methoxy groups -OCH3 is 1. The molecule has 0 N–H and O–H groups in total. The largest absolute Gasteiger partial charge is 0.451 e. The minimum Gasteiger partial charge on any atom is -0.375 e. The molecule has 1 aromatic heterocycles. The first-order valence-electron chi connectivity index (χ1n) is 13.8. The van der Waals surface area contributed by atoms with Crippen molar-refractivity contribution in [1.29, 1.82) is 0 Å². The predicted octanol–water partition coefficient (Wildman–Crippen LogP) is 4.62. The Morgan fingerprint density at radius 1 is 0.905 bits per heavy atom. The molecule has 0 spiro atoms. The molecule has 230 valence electrons. The maximum absolute atomic E-state index is 13.8. The third-order valence-corrected chi connectivity index (χ3v) is 7.55. The van der Waals surface area contributed by atoms with Crippen molar-refractivity contribution >= 4 is 23.3 Å². The number of carbonyl (C=O) groups is 2. The third-order valence-electron chi connectivity index (χ3n) is 7.55. The smallest absolute Gasteiger partial charge is 0.375 e. The van der Waals surface area contributed by atoms with Gasteiger partial charge in [-0.2, -0.15) is 26.3 Å². The molecular weight excluding hydrogens is 568 g/mol. The van der Waals surface area contributed by atoms with Gasteiger partial charge in [-0.3, -0.25) is 9.59 Å². The molecule has 2 aliphatic rings. The van der Waals surface area contributed by atoms with Gasteiger partial charge >= 0.3 is 12.4 Å². The highest BCUT2D eigenvalue weighted by Crippen LogP contribution is 2.33. The Balaban J connectivity index is 1.39. The van der Waals surface area contributed by atoms with Crippen LogP contribution in [-0.2, 0) is 33.1 Å². The summed E-state index contributed by atoms with van der Waals surface area (Å²) < 4.78 is 84.5. The van der Waals surface area contributed by atoms with E-state index in [0.717, 1.165) is 12.1 Å². The first-order valence-corrected chi connectivity index (χ1v) is 13.8. The lowest BCUT2D eigenvalue weighted by molar-refractivity contribution is -0.145. The fraction of sp³-hybridized carbons (Fsp3) is 0.571. The summed E-state index contributed by atoms with van der Waals surface area (Å²) in [6, 6.07) is 6.33. The number of halogens is 6. The van der Waals surface area contributed by atoms with Crippen molar-refractivity contribution in [2.75, 3.05) is 62.8 Å². The molecule has 0 aliphatic carbocycles. The average Bonchev–Trinajstić information content (AvgIpc) is 2.96. The van der Waals surface area contributed by atoms with Crippen LogP contribution in [0.3, 0.4) is 0 Å². The first-order chi connectivity index (χ1) is 19.8. The number of ether oxygens (including phenoxy) is 1. The predicted molar refractivity (Wildman–Crippen MR) is 142 cm³/mol. The fourth-order valence-electron chi connectivity index (χ4n) is 5.25. The summed E-state index contributed by atoms with van der Waals surface area (Å²) in [4.78, 5) is 37.6. The molecule has 42 heavy (non-hydrogen) atoms. The molecule has 2 fully saturated rings. The summed E-state index contributed by atoms with van der Waals surface area (Å²) in [5.74, 6) is -1.69. The Labute approximate surface area is 239 Å². The minimum absolute atomic E-state index is 0.0335. The summed E-state index contributed by atoms with van der Waals surface area (Å²) in [7, 11) is 1.41. The number of aryl methyl sites for hydroxylation is 1. The van der Waals surface area contributed by atoms with E-state index >= 15 is 0 Å². The first kappa shape index (κ1) is 31.5. The van der Waals surface area contributed by atoms with Crippen LogP contribution < -0.4 is 9.80 Å². The lowest BCUT2D eigenvalue weighted by Crippen LogP contribution is -2.50. The normalized spacial score (nSPS) is 18.4. The van der Waals surface area contributed by atoms with E-state index in [4.69, 9.17) is 4.74 Å². The molecule has 0 saturated carbocycles. The quantitative estimate of drug-likeness (QED) is 0.389. The van der Waals surface area contributed by atoms with E-state index in [1.54, 1.807) is 14.7 Å². The van der Waals surface area contributed by atoms with E-state index in [1.165, 1.54) is 25.3 Å². The van der Waals surface area contributed by atoms with Crippen molar-refractivity contribution in [2.45, 2.75) is 44.5 Å². The SMILES string of the molecule is COCC(=O)N1CCN(c2cc(N3CCC[C@@H](C(=O)CCCc4ccc(C(F)(F)F)cc4)C3)nc(C(F)(F)F)n2)CC1. The summed E-state index contributed by atoms with van der Waals surface area (Å²) >= 11 is 0. The molecule has 14 heteroatoms. The second-order valence-corrected chi connectivity index (χ2v) is 10.5. The number of anilines is 2. The monoisotopic (exact) mass is 601 g/mol. The van der Waals surface area contributed by atoms with Gasteiger partial charge in [0.1, 0.15) is 24.0 Å². The van der Waals surface area contributed by atoms with Crippen molar-refractivity contribution < 1.29 is 40.7 Å². The Morgan fingerprint density at radius 2 is 1.55 bits per heavy atom. The molecule has 1 atom stereocenters. The van der Waals surface area contributed by atoms with Crippen LogP contribution in [0.1, 0.15) is 42.6 Å². The van der Waals surface area contributed by atoms with Crippen LogP contribution in [0.2, 0.25) is 0 Å². The van der Waals surface area contributed by atoms with E-state index in [-0.39, 0.29) is 42.9 Å². The number of hydrogen-bond donors (Lipinski definition) is 0. The zero-order chi connectivity index (χ0) is 30.5.